The quantitative estimate of drug-likeness (QED) is 0.526. The number of aromatic nitrogens is 1. The Bertz CT molecular complexity index is 1090. The number of amides is 1. The van der Waals surface area contributed by atoms with Gasteiger partial charge in [-0.2, -0.15) is 0 Å². The van der Waals surface area contributed by atoms with Gasteiger partial charge in [-0.25, -0.2) is 4.79 Å². The number of rotatable bonds is 9. The zero-order valence-electron chi connectivity index (χ0n) is 18.4. The van der Waals surface area contributed by atoms with Crippen molar-refractivity contribution in [2.75, 3.05) is 6.61 Å². The molecule has 3 aromatic rings. The Balaban J connectivity index is 1.32. The van der Waals surface area contributed by atoms with Gasteiger partial charge in [-0.1, -0.05) is 36.4 Å². The van der Waals surface area contributed by atoms with Crippen LogP contribution in [0.1, 0.15) is 28.7 Å². The maximum absolute atomic E-state index is 12.9. The Hall–Kier alpha value is -3.67. The number of hydrogen-bond acceptors (Lipinski definition) is 4. The number of hydrogen-bond donors (Lipinski definition) is 2. The van der Waals surface area contributed by atoms with Gasteiger partial charge in [0.2, 0.25) is 5.91 Å². The highest BCUT2D eigenvalue weighted by Crippen LogP contribution is 2.29. The minimum atomic E-state index is -1.02. The van der Waals surface area contributed by atoms with E-state index in [4.69, 9.17) is 4.74 Å². The summed E-state index contributed by atoms with van der Waals surface area (Å²) in [5.74, 6) is -0.605. The van der Waals surface area contributed by atoms with E-state index in [1.165, 1.54) is 11.1 Å². The number of carboxylic acids is 1. The molecule has 0 saturated heterocycles. The molecule has 0 radical (unpaired) electrons. The molecular formula is C27H28N2O4. The Labute approximate surface area is 193 Å². The Morgan fingerprint density at radius 1 is 1.03 bits per heavy atom. The minimum absolute atomic E-state index is 0.193. The van der Waals surface area contributed by atoms with Gasteiger partial charge < -0.3 is 15.2 Å². The maximum Gasteiger partial charge on any atom is 0.326 e. The van der Waals surface area contributed by atoms with Crippen molar-refractivity contribution < 1.29 is 19.4 Å². The van der Waals surface area contributed by atoms with Gasteiger partial charge in [0.15, 0.2) is 0 Å². The lowest BCUT2D eigenvalue weighted by Gasteiger charge is -2.26. The third-order valence-corrected chi connectivity index (χ3v) is 6.08. The van der Waals surface area contributed by atoms with Gasteiger partial charge in [-0.15, -0.1) is 0 Å². The number of nitrogens with one attached hydrogen (secondary N) is 1. The molecular weight excluding hydrogens is 416 g/mol. The van der Waals surface area contributed by atoms with Crippen LogP contribution in [0.5, 0.6) is 5.75 Å². The van der Waals surface area contributed by atoms with Crippen molar-refractivity contribution in [2.24, 2.45) is 5.92 Å². The van der Waals surface area contributed by atoms with Crippen LogP contribution in [0.3, 0.4) is 0 Å². The molecule has 0 fully saturated rings. The molecule has 4 rings (SSSR count). The van der Waals surface area contributed by atoms with E-state index >= 15 is 0 Å². The third kappa shape index (κ3) is 6.19. The number of carbonyl (C=O) groups is 2. The highest BCUT2D eigenvalue weighted by Gasteiger charge is 2.28. The van der Waals surface area contributed by atoms with E-state index in [9.17, 15) is 14.7 Å². The van der Waals surface area contributed by atoms with Crippen LogP contribution in [0.2, 0.25) is 0 Å². The molecule has 2 aromatic carbocycles. The number of aryl methyl sites for hydroxylation is 1. The standard InChI is InChI=1S/C27H28N2O4/c30-26(29-25(27(31)32)16-20-4-2-1-3-5-20)23-7-6-22-18-24(9-8-21(22)17-23)33-15-12-19-10-13-28-14-11-19/h1-5,8-11,13-14,18,23,25H,6-7,12,15-17H2,(H,29,30)(H,31,32). The minimum Gasteiger partial charge on any atom is -0.493 e. The number of carboxylic acid groups (broad SMARTS) is 1. The number of ether oxygens (including phenoxy) is 1. The Morgan fingerprint density at radius 2 is 1.82 bits per heavy atom. The lowest BCUT2D eigenvalue weighted by Crippen LogP contribution is -2.46. The van der Waals surface area contributed by atoms with E-state index in [1.807, 2.05) is 54.6 Å². The SMILES string of the molecule is O=C(NC(Cc1ccccc1)C(=O)O)C1CCc2cc(OCCc3ccncc3)ccc2C1. The van der Waals surface area contributed by atoms with Crippen LogP contribution < -0.4 is 10.1 Å². The van der Waals surface area contributed by atoms with E-state index in [0.717, 1.165) is 29.7 Å². The van der Waals surface area contributed by atoms with E-state index in [1.54, 1.807) is 12.4 Å². The first-order valence-electron chi connectivity index (χ1n) is 11.3. The van der Waals surface area contributed by atoms with Crippen LogP contribution in [0.4, 0.5) is 0 Å². The van der Waals surface area contributed by atoms with Crippen LogP contribution in [-0.2, 0) is 35.3 Å². The Morgan fingerprint density at radius 3 is 2.58 bits per heavy atom. The molecule has 2 N–H and O–H groups in total. The van der Waals surface area contributed by atoms with Crippen LogP contribution in [-0.4, -0.2) is 34.6 Å². The molecule has 1 aromatic heterocycles. The molecule has 1 aliphatic carbocycles. The fourth-order valence-corrected chi connectivity index (χ4v) is 4.22. The molecule has 0 spiro atoms. The van der Waals surface area contributed by atoms with Crippen molar-refractivity contribution in [1.29, 1.82) is 0 Å². The fraction of sp³-hybridized carbons (Fsp3) is 0.296. The smallest absolute Gasteiger partial charge is 0.326 e. The number of fused-ring (bicyclic) bond motifs is 1. The van der Waals surface area contributed by atoms with Crippen molar-refractivity contribution in [3.05, 3.63) is 95.3 Å². The summed E-state index contributed by atoms with van der Waals surface area (Å²) in [5.41, 5.74) is 4.39. The van der Waals surface area contributed by atoms with Crippen molar-refractivity contribution in [2.45, 2.75) is 38.1 Å². The van der Waals surface area contributed by atoms with Gasteiger partial charge in [0.1, 0.15) is 11.8 Å². The lowest BCUT2D eigenvalue weighted by molar-refractivity contribution is -0.142. The molecule has 6 heteroatoms. The molecule has 33 heavy (non-hydrogen) atoms. The average molecular weight is 445 g/mol. The summed E-state index contributed by atoms with van der Waals surface area (Å²) in [5, 5.41) is 12.3. The molecule has 1 amide bonds. The van der Waals surface area contributed by atoms with E-state index in [0.29, 0.717) is 19.4 Å². The van der Waals surface area contributed by atoms with Crippen molar-refractivity contribution in [3.63, 3.8) is 0 Å². The second kappa shape index (κ2) is 10.8. The predicted molar refractivity (Wildman–Crippen MR) is 125 cm³/mol. The summed E-state index contributed by atoms with van der Waals surface area (Å²) in [6.45, 7) is 0.589. The van der Waals surface area contributed by atoms with E-state index in [2.05, 4.69) is 16.4 Å². The zero-order valence-corrected chi connectivity index (χ0v) is 18.4. The second-order valence-electron chi connectivity index (χ2n) is 8.41. The van der Waals surface area contributed by atoms with E-state index < -0.39 is 12.0 Å². The highest BCUT2D eigenvalue weighted by atomic mass is 16.5. The lowest BCUT2D eigenvalue weighted by atomic mass is 9.83. The number of pyridine rings is 1. The molecule has 6 nitrogen and oxygen atoms in total. The number of aliphatic carboxylic acids is 1. The van der Waals surface area contributed by atoms with Gasteiger partial charge in [-0.05, 0) is 65.8 Å². The molecule has 1 aliphatic rings. The Kier molecular flexibility index (Phi) is 7.35. The maximum atomic E-state index is 12.9. The first-order valence-corrected chi connectivity index (χ1v) is 11.3. The first kappa shape index (κ1) is 22.5. The zero-order chi connectivity index (χ0) is 23.0. The number of benzene rings is 2. The number of nitrogens with zero attached hydrogens (tertiary/aromatic N) is 1. The molecule has 0 bridgehead atoms. The van der Waals surface area contributed by atoms with Crippen LogP contribution in [0.15, 0.2) is 73.1 Å². The van der Waals surface area contributed by atoms with Crippen molar-refractivity contribution in [1.82, 2.24) is 10.3 Å². The van der Waals surface area contributed by atoms with Gasteiger partial charge in [0, 0.05) is 31.2 Å². The molecule has 170 valence electrons. The summed E-state index contributed by atoms with van der Waals surface area (Å²) in [6, 6.07) is 18.4. The van der Waals surface area contributed by atoms with Crippen molar-refractivity contribution in [3.8, 4) is 5.75 Å². The summed E-state index contributed by atoms with van der Waals surface area (Å²) in [7, 11) is 0. The second-order valence-corrected chi connectivity index (χ2v) is 8.41. The largest absolute Gasteiger partial charge is 0.493 e. The monoisotopic (exact) mass is 444 g/mol. The summed E-state index contributed by atoms with van der Waals surface area (Å²) >= 11 is 0. The summed E-state index contributed by atoms with van der Waals surface area (Å²) in [4.78, 5) is 28.6. The topological polar surface area (TPSA) is 88.5 Å². The summed E-state index contributed by atoms with van der Waals surface area (Å²) in [6.07, 6.45) is 6.71. The fourth-order valence-electron chi connectivity index (χ4n) is 4.22. The van der Waals surface area contributed by atoms with Gasteiger partial charge >= 0.3 is 5.97 Å². The highest BCUT2D eigenvalue weighted by molar-refractivity contribution is 5.85. The summed E-state index contributed by atoms with van der Waals surface area (Å²) < 4.78 is 5.92. The average Bonchev–Trinajstić information content (AvgIpc) is 2.84. The van der Waals surface area contributed by atoms with Crippen LogP contribution in [0.25, 0.3) is 0 Å². The van der Waals surface area contributed by atoms with Crippen molar-refractivity contribution >= 4 is 11.9 Å². The molecule has 2 unspecified atom stereocenters. The van der Waals surface area contributed by atoms with Crippen LogP contribution >= 0.6 is 0 Å². The van der Waals surface area contributed by atoms with Crippen LogP contribution in [0, 0.1) is 5.92 Å². The third-order valence-electron chi connectivity index (χ3n) is 6.08. The predicted octanol–water partition coefficient (Wildman–Crippen LogP) is 3.62. The van der Waals surface area contributed by atoms with Gasteiger partial charge in [-0.3, -0.25) is 9.78 Å². The molecule has 1 heterocycles. The first-order chi connectivity index (χ1) is 16.1. The van der Waals surface area contributed by atoms with E-state index in [-0.39, 0.29) is 18.2 Å². The molecule has 0 aliphatic heterocycles. The molecule has 0 saturated carbocycles. The normalized spacial score (nSPS) is 15.8. The number of carbonyl (C=O) groups excluding carboxylic acids is 1. The van der Waals surface area contributed by atoms with Gasteiger partial charge in [0.05, 0.1) is 6.61 Å². The van der Waals surface area contributed by atoms with Gasteiger partial charge in [0.25, 0.3) is 0 Å². The molecule has 2 atom stereocenters.